The van der Waals surface area contributed by atoms with Crippen LogP contribution in [0.2, 0.25) is 0 Å². The smallest absolute Gasteiger partial charge is 0.166 e. The van der Waals surface area contributed by atoms with Crippen molar-refractivity contribution in [2.45, 2.75) is 32.2 Å². The molecule has 0 aliphatic heterocycles. The molecule has 7 nitrogen and oxygen atoms in total. The predicted octanol–water partition coefficient (Wildman–Crippen LogP) is 5.34. The van der Waals surface area contributed by atoms with E-state index in [0.717, 1.165) is 39.2 Å². The van der Waals surface area contributed by atoms with Crippen molar-refractivity contribution in [2.75, 3.05) is 18.6 Å². The zero-order chi connectivity index (χ0) is 26.7. The highest BCUT2D eigenvalue weighted by atomic mass is 32.2. The molecular formula is C28H28FN3O4S2. The van der Waals surface area contributed by atoms with Crippen LogP contribution >= 0.6 is 11.3 Å². The molecule has 1 saturated carbocycles. The lowest BCUT2D eigenvalue weighted by atomic mass is 10.0. The maximum Gasteiger partial charge on any atom is 0.166 e. The number of thiophene rings is 1. The number of hydrogen-bond acceptors (Lipinski definition) is 8. The van der Waals surface area contributed by atoms with Gasteiger partial charge in [0, 0.05) is 50.6 Å². The summed E-state index contributed by atoms with van der Waals surface area (Å²) >= 11 is 1.46. The van der Waals surface area contributed by atoms with E-state index in [1.54, 1.807) is 30.6 Å². The van der Waals surface area contributed by atoms with Gasteiger partial charge in [-0.25, -0.2) is 12.8 Å². The average molecular weight is 554 g/mol. The van der Waals surface area contributed by atoms with Crippen LogP contribution < -0.4 is 10.1 Å². The number of aromatic nitrogens is 2. The van der Waals surface area contributed by atoms with Gasteiger partial charge in [-0.2, -0.15) is 0 Å². The molecule has 3 aromatic heterocycles. The van der Waals surface area contributed by atoms with E-state index < -0.39 is 15.7 Å². The number of pyridine rings is 2. The number of nitrogens with one attached hydrogen (secondary N) is 1. The van der Waals surface area contributed by atoms with E-state index in [1.165, 1.54) is 23.7 Å². The Balaban J connectivity index is 1.26. The maximum atomic E-state index is 14.8. The summed E-state index contributed by atoms with van der Waals surface area (Å²) in [4.78, 5) is 22.0. The Morgan fingerprint density at radius 3 is 2.63 bits per heavy atom. The van der Waals surface area contributed by atoms with E-state index in [4.69, 9.17) is 4.74 Å². The van der Waals surface area contributed by atoms with Gasteiger partial charge >= 0.3 is 0 Å². The van der Waals surface area contributed by atoms with Crippen molar-refractivity contribution in [3.05, 3.63) is 71.8 Å². The first-order chi connectivity index (χ1) is 18.2. The standard InChI is InChI=1S/C28H28FN3O4S2/c1-38(34,35)11-10-30-16-20-4-6-23(32-17-20)27-15-24-28(37-27)26(8-9-31-24)36-25-7-5-19(14-22(25)29)13-21(33)12-18-2-3-18/h4-9,14-15,17-18,30H,2-3,10-13,16H2,1H3. The molecule has 5 rings (SSSR count). The first-order valence-electron chi connectivity index (χ1n) is 12.4. The number of carbonyl (C=O) groups excluding carboxylic acids is 1. The molecule has 1 aliphatic rings. The number of fused-ring (bicyclic) bond motifs is 1. The number of sulfone groups is 1. The van der Waals surface area contributed by atoms with E-state index in [9.17, 15) is 17.6 Å². The molecule has 1 aliphatic carbocycles. The van der Waals surface area contributed by atoms with Gasteiger partial charge in [0.05, 0.1) is 26.5 Å². The molecule has 0 bridgehead atoms. The van der Waals surface area contributed by atoms with Crippen molar-refractivity contribution in [1.82, 2.24) is 15.3 Å². The molecule has 38 heavy (non-hydrogen) atoms. The zero-order valence-corrected chi connectivity index (χ0v) is 22.6. The average Bonchev–Trinajstić information content (AvgIpc) is 3.57. The van der Waals surface area contributed by atoms with Gasteiger partial charge in [0.25, 0.3) is 0 Å². The van der Waals surface area contributed by atoms with Gasteiger partial charge in [0.15, 0.2) is 11.6 Å². The maximum absolute atomic E-state index is 14.8. The predicted molar refractivity (Wildman–Crippen MR) is 147 cm³/mol. The van der Waals surface area contributed by atoms with Crippen molar-refractivity contribution in [1.29, 1.82) is 0 Å². The van der Waals surface area contributed by atoms with Gasteiger partial charge in [-0.05, 0) is 54.2 Å². The van der Waals surface area contributed by atoms with Crippen LogP contribution in [0.4, 0.5) is 4.39 Å². The fraction of sp³-hybridized carbons (Fsp3) is 0.321. The van der Waals surface area contributed by atoms with E-state index in [0.29, 0.717) is 36.7 Å². The van der Waals surface area contributed by atoms with E-state index in [-0.39, 0.29) is 23.7 Å². The third-order valence-electron chi connectivity index (χ3n) is 6.26. The van der Waals surface area contributed by atoms with Crippen LogP contribution in [0.1, 0.15) is 30.4 Å². The summed E-state index contributed by atoms with van der Waals surface area (Å²) in [6.45, 7) is 0.904. The van der Waals surface area contributed by atoms with Crippen molar-refractivity contribution in [2.24, 2.45) is 5.92 Å². The summed E-state index contributed by atoms with van der Waals surface area (Å²) in [7, 11) is -2.99. The molecule has 0 amide bonds. The minimum atomic E-state index is -2.99. The molecular weight excluding hydrogens is 525 g/mol. The number of Topliss-reactive ketones (excluding diaryl/α,β-unsaturated/α-hetero) is 1. The van der Waals surface area contributed by atoms with Gasteiger partial charge in [-0.15, -0.1) is 11.3 Å². The Morgan fingerprint density at radius 1 is 1.11 bits per heavy atom. The van der Waals surface area contributed by atoms with Crippen LogP contribution in [0.3, 0.4) is 0 Å². The van der Waals surface area contributed by atoms with Gasteiger partial charge in [-0.3, -0.25) is 14.8 Å². The molecule has 0 unspecified atom stereocenters. The third kappa shape index (κ3) is 7.00. The molecule has 198 valence electrons. The quantitative estimate of drug-likeness (QED) is 0.237. The number of ketones is 1. The molecule has 0 atom stereocenters. The van der Waals surface area contributed by atoms with Crippen LogP contribution in [0.25, 0.3) is 20.8 Å². The van der Waals surface area contributed by atoms with Crippen molar-refractivity contribution in [3.63, 3.8) is 0 Å². The summed E-state index contributed by atoms with van der Waals surface area (Å²) in [6.07, 6.45) is 7.64. The monoisotopic (exact) mass is 553 g/mol. The number of hydrogen-bond donors (Lipinski definition) is 1. The first kappa shape index (κ1) is 26.4. The summed E-state index contributed by atoms with van der Waals surface area (Å²) in [6, 6.07) is 12.2. The second-order valence-corrected chi connectivity index (χ2v) is 13.0. The number of benzene rings is 1. The number of carbonyl (C=O) groups is 1. The van der Waals surface area contributed by atoms with Crippen molar-refractivity contribution >= 4 is 37.2 Å². The molecule has 0 radical (unpaired) electrons. The van der Waals surface area contributed by atoms with Gasteiger partial charge in [0.1, 0.15) is 21.4 Å². The highest BCUT2D eigenvalue weighted by Gasteiger charge is 2.24. The Labute approximate surface area is 225 Å². The minimum absolute atomic E-state index is 0.0891. The third-order valence-corrected chi connectivity index (χ3v) is 8.37. The van der Waals surface area contributed by atoms with Crippen molar-refractivity contribution < 1.29 is 22.3 Å². The number of nitrogens with zero attached hydrogens (tertiary/aromatic N) is 2. The zero-order valence-electron chi connectivity index (χ0n) is 20.9. The number of halogens is 1. The fourth-order valence-electron chi connectivity index (χ4n) is 4.09. The molecule has 3 heterocycles. The Morgan fingerprint density at radius 2 is 1.92 bits per heavy atom. The summed E-state index contributed by atoms with van der Waals surface area (Å²) in [5, 5.41) is 3.11. The van der Waals surface area contributed by atoms with Gasteiger partial charge < -0.3 is 10.1 Å². The normalized spacial score (nSPS) is 13.6. The van der Waals surface area contributed by atoms with Crippen LogP contribution in [-0.4, -0.2) is 42.7 Å². The molecule has 10 heteroatoms. The van der Waals surface area contributed by atoms with Crippen LogP contribution in [0.5, 0.6) is 11.5 Å². The Bertz CT molecular complexity index is 1570. The second kappa shape index (κ2) is 11.3. The SMILES string of the molecule is CS(=O)(=O)CCNCc1ccc(-c2cc3nccc(Oc4ccc(CC(=O)CC5CC5)cc4F)c3s2)nc1. The van der Waals surface area contributed by atoms with Crippen LogP contribution in [0.15, 0.2) is 54.9 Å². The lowest BCUT2D eigenvalue weighted by molar-refractivity contribution is -0.118. The van der Waals surface area contributed by atoms with E-state index >= 15 is 0 Å². The Kier molecular flexibility index (Phi) is 7.83. The summed E-state index contributed by atoms with van der Waals surface area (Å²) in [5.41, 5.74) is 3.08. The summed E-state index contributed by atoms with van der Waals surface area (Å²) in [5.74, 6) is 0.833. The molecule has 1 fully saturated rings. The molecule has 0 spiro atoms. The fourth-order valence-corrected chi connectivity index (χ4v) is 5.64. The van der Waals surface area contributed by atoms with Gasteiger partial charge in [-0.1, -0.05) is 12.1 Å². The molecule has 1 aromatic carbocycles. The number of ether oxygens (including phenoxy) is 1. The minimum Gasteiger partial charge on any atom is -0.453 e. The topological polar surface area (TPSA) is 98.3 Å². The summed E-state index contributed by atoms with van der Waals surface area (Å²) < 4.78 is 44.1. The lowest BCUT2D eigenvalue weighted by Gasteiger charge is -2.09. The highest BCUT2D eigenvalue weighted by Crippen LogP contribution is 2.39. The number of rotatable bonds is 12. The Hall–Kier alpha value is -3.21. The van der Waals surface area contributed by atoms with Gasteiger partial charge in [0.2, 0.25) is 0 Å². The molecule has 0 saturated heterocycles. The lowest BCUT2D eigenvalue weighted by Crippen LogP contribution is -2.21. The van der Waals surface area contributed by atoms with E-state index in [1.807, 2.05) is 18.2 Å². The van der Waals surface area contributed by atoms with E-state index in [2.05, 4.69) is 15.3 Å². The molecule has 1 N–H and O–H groups in total. The second-order valence-electron chi connectivity index (χ2n) is 9.72. The van der Waals surface area contributed by atoms with Crippen LogP contribution in [0, 0.1) is 11.7 Å². The largest absolute Gasteiger partial charge is 0.453 e. The van der Waals surface area contributed by atoms with Crippen molar-refractivity contribution in [3.8, 4) is 22.1 Å². The van der Waals surface area contributed by atoms with Crippen LogP contribution in [-0.2, 0) is 27.6 Å². The first-order valence-corrected chi connectivity index (χ1v) is 15.3. The molecule has 4 aromatic rings. The highest BCUT2D eigenvalue weighted by molar-refractivity contribution is 7.90.